The first kappa shape index (κ1) is 14.9. The van der Waals surface area contributed by atoms with E-state index in [2.05, 4.69) is 10.3 Å². The zero-order chi connectivity index (χ0) is 17.1. The van der Waals surface area contributed by atoms with Crippen LogP contribution in [0.4, 0.5) is 11.5 Å². The third kappa shape index (κ3) is 2.11. The maximum absolute atomic E-state index is 12.5. The molecule has 5 atom stereocenters. The smallest absolute Gasteiger partial charge is 0.361 e. The Bertz CT molecular complexity index is 924. The van der Waals surface area contributed by atoms with Gasteiger partial charge in [0.05, 0.1) is 4.92 Å². The van der Waals surface area contributed by atoms with E-state index in [0.29, 0.717) is 11.6 Å². The molecule has 1 N–H and O–H groups in total. The first-order chi connectivity index (χ1) is 12.1. The van der Waals surface area contributed by atoms with Crippen LogP contribution in [0.1, 0.15) is 32.1 Å². The Morgan fingerprint density at radius 1 is 1.20 bits per heavy atom. The second-order valence-corrected chi connectivity index (χ2v) is 7.70. The highest BCUT2D eigenvalue weighted by Crippen LogP contribution is 2.59. The molecule has 25 heavy (non-hydrogen) atoms. The second-order valence-electron chi connectivity index (χ2n) is 7.70. The fourth-order valence-electron chi connectivity index (χ4n) is 5.75. The lowest BCUT2D eigenvalue weighted by Crippen LogP contribution is -2.35. The highest BCUT2D eigenvalue weighted by Gasteiger charge is 2.54. The van der Waals surface area contributed by atoms with Gasteiger partial charge in [0.2, 0.25) is 5.82 Å². The average molecular weight is 340 g/mol. The van der Waals surface area contributed by atoms with E-state index in [9.17, 15) is 14.9 Å². The van der Waals surface area contributed by atoms with Crippen LogP contribution in [0.2, 0.25) is 0 Å². The zero-order valence-corrected chi connectivity index (χ0v) is 13.8. The van der Waals surface area contributed by atoms with Crippen molar-refractivity contribution in [3.63, 3.8) is 0 Å². The molecule has 0 spiro atoms. The van der Waals surface area contributed by atoms with Gasteiger partial charge < -0.3 is 5.32 Å². The Kier molecular flexibility index (Phi) is 3.14. The maximum Gasteiger partial charge on any atom is 0.376 e. The first-order valence-electron chi connectivity index (χ1n) is 9.06. The van der Waals surface area contributed by atoms with Crippen LogP contribution < -0.4 is 10.9 Å². The Balaban J connectivity index is 1.54. The molecule has 7 heteroatoms. The van der Waals surface area contributed by atoms with E-state index in [-0.39, 0.29) is 11.9 Å². The van der Waals surface area contributed by atoms with Crippen LogP contribution in [0.25, 0.3) is 5.65 Å². The van der Waals surface area contributed by atoms with Gasteiger partial charge in [0, 0.05) is 12.2 Å². The molecule has 7 nitrogen and oxygen atoms in total. The SMILES string of the molecule is O=c1c([N+](=O)[O-])c(N[C@@H]2C[C@H]3C[C@H]2[C@H]2CCC[C@H]32)nc2ccccn12. The molecule has 130 valence electrons. The molecule has 0 amide bonds. The summed E-state index contributed by atoms with van der Waals surface area (Å²) in [5, 5.41) is 14.8. The van der Waals surface area contributed by atoms with Crippen molar-refractivity contribution in [2.75, 3.05) is 5.32 Å². The van der Waals surface area contributed by atoms with E-state index < -0.39 is 16.2 Å². The van der Waals surface area contributed by atoms with Crippen molar-refractivity contribution in [1.82, 2.24) is 9.38 Å². The molecule has 2 aromatic rings. The molecule has 0 aromatic carbocycles. The third-order valence-corrected chi connectivity index (χ3v) is 6.64. The lowest BCUT2D eigenvalue weighted by molar-refractivity contribution is -0.385. The minimum absolute atomic E-state index is 0.133. The van der Waals surface area contributed by atoms with Crippen LogP contribution in [0, 0.1) is 33.8 Å². The normalized spacial score (nSPS) is 32.9. The number of rotatable bonds is 3. The van der Waals surface area contributed by atoms with Crippen molar-refractivity contribution in [3.8, 4) is 0 Å². The van der Waals surface area contributed by atoms with Gasteiger partial charge in [0.15, 0.2) is 0 Å². The number of nitrogens with zero attached hydrogens (tertiary/aromatic N) is 3. The molecule has 0 radical (unpaired) electrons. The van der Waals surface area contributed by atoms with E-state index in [1.807, 2.05) is 0 Å². The van der Waals surface area contributed by atoms with Crippen molar-refractivity contribution < 1.29 is 4.92 Å². The molecule has 3 fully saturated rings. The number of hydrogen-bond donors (Lipinski definition) is 1. The Labute approximate surface area is 144 Å². The summed E-state index contributed by atoms with van der Waals surface area (Å²) in [6.07, 6.45) is 7.70. The summed E-state index contributed by atoms with van der Waals surface area (Å²) in [4.78, 5) is 27.9. The van der Waals surface area contributed by atoms with Crippen molar-refractivity contribution in [2.45, 2.75) is 38.1 Å². The van der Waals surface area contributed by atoms with Crippen molar-refractivity contribution in [3.05, 3.63) is 44.9 Å². The van der Waals surface area contributed by atoms with E-state index in [4.69, 9.17) is 0 Å². The number of fused-ring (bicyclic) bond motifs is 6. The van der Waals surface area contributed by atoms with E-state index in [1.54, 1.807) is 18.2 Å². The molecular weight excluding hydrogens is 320 g/mol. The number of anilines is 1. The minimum Gasteiger partial charge on any atom is -0.361 e. The molecule has 5 rings (SSSR count). The molecular formula is C18H20N4O3. The van der Waals surface area contributed by atoms with Gasteiger partial charge in [0.1, 0.15) is 5.65 Å². The fraction of sp³-hybridized carbons (Fsp3) is 0.556. The average Bonchev–Trinajstić information content (AvgIpc) is 3.27. The molecule has 0 aliphatic heterocycles. The lowest BCUT2D eigenvalue weighted by Gasteiger charge is -2.32. The van der Waals surface area contributed by atoms with Crippen LogP contribution in [-0.2, 0) is 0 Å². The first-order valence-corrected chi connectivity index (χ1v) is 9.06. The van der Waals surface area contributed by atoms with Crippen molar-refractivity contribution in [2.24, 2.45) is 23.7 Å². The molecule has 0 saturated heterocycles. The van der Waals surface area contributed by atoms with Crippen LogP contribution in [-0.4, -0.2) is 20.3 Å². The van der Waals surface area contributed by atoms with Crippen LogP contribution in [0.3, 0.4) is 0 Å². The minimum atomic E-state index is -0.625. The van der Waals surface area contributed by atoms with Crippen LogP contribution >= 0.6 is 0 Å². The molecule has 3 aliphatic carbocycles. The van der Waals surface area contributed by atoms with Gasteiger partial charge in [-0.25, -0.2) is 4.98 Å². The molecule has 2 bridgehead atoms. The fourth-order valence-corrected chi connectivity index (χ4v) is 5.75. The van der Waals surface area contributed by atoms with Gasteiger partial charge >= 0.3 is 11.2 Å². The molecule has 2 aromatic heterocycles. The Morgan fingerprint density at radius 3 is 2.88 bits per heavy atom. The number of nitro groups is 1. The third-order valence-electron chi connectivity index (χ3n) is 6.64. The van der Waals surface area contributed by atoms with Crippen molar-refractivity contribution >= 4 is 17.2 Å². The number of nitrogens with one attached hydrogen (secondary N) is 1. The van der Waals surface area contributed by atoms with Gasteiger partial charge in [-0.05, 0) is 61.5 Å². The molecule has 2 heterocycles. The van der Waals surface area contributed by atoms with Gasteiger partial charge in [-0.15, -0.1) is 0 Å². The van der Waals surface area contributed by atoms with E-state index in [1.165, 1.54) is 36.3 Å². The largest absolute Gasteiger partial charge is 0.376 e. The van der Waals surface area contributed by atoms with Gasteiger partial charge in [-0.2, -0.15) is 0 Å². The van der Waals surface area contributed by atoms with Gasteiger partial charge in [-0.3, -0.25) is 19.3 Å². The summed E-state index contributed by atoms with van der Waals surface area (Å²) in [5.74, 6) is 3.03. The summed E-state index contributed by atoms with van der Waals surface area (Å²) in [6, 6.07) is 5.34. The zero-order valence-electron chi connectivity index (χ0n) is 13.8. The topological polar surface area (TPSA) is 89.5 Å². The second kappa shape index (κ2) is 5.28. The summed E-state index contributed by atoms with van der Waals surface area (Å²) in [6.45, 7) is 0. The van der Waals surface area contributed by atoms with E-state index >= 15 is 0 Å². The summed E-state index contributed by atoms with van der Waals surface area (Å²) < 4.78 is 1.23. The quantitative estimate of drug-likeness (QED) is 0.685. The Morgan fingerprint density at radius 2 is 2.04 bits per heavy atom. The monoisotopic (exact) mass is 340 g/mol. The van der Waals surface area contributed by atoms with Gasteiger partial charge in [0.25, 0.3) is 0 Å². The number of pyridine rings is 1. The van der Waals surface area contributed by atoms with Crippen molar-refractivity contribution in [1.29, 1.82) is 0 Å². The standard InChI is InChI=1S/C18H20N4O3/c23-18-16(22(24)25)17(20-15-6-1-2-7-21(15)18)19-14-9-10-8-13(14)12-5-3-4-11(10)12/h1-2,6-7,10-14,19H,3-5,8-9H2/t10-,11-,12+,13+,14-/m1/s1. The summed E-state index contributed by atoms with van der Waals surface area (Å²) in [5.41, 5.74) is -0.642. The molecule has 3 aliphatic rings. The number of aromatic nitrogens is 2. The predicted molar refractivity (Wildman–Crippen MR) is 92.6 cm³/mol. The highest BCUT2D eigenvalue weighted by molar-refractivity contribution is 5.60. The summed E-state index contributed by atoms with van der Waals surface area (Å²) >= 11 is 0. The van der Waals surface area contributed by atoms with Crippen LogP contribution in [0.15, 0.2) is 29.2 Å². The van der Waals surface area contributed by atoms with Gasteiger partial charge in [-0.1, -0.05) is 12.5 Å². The molecule has 3 saturated carbocycles. The van der Waals surface area contributed by atoms with E-state index in [0.717, 1.165) is 24.2 Å². The number of hydrogen-bond acceptors (Lipinski definition) is 5. The maximum atomic E-state index is 12.5. The predicted octanol–water partition coefficient (Wildman–Crippen LogP) is 2.84. The van der Waals surface area contributed by atoms with Crippen LogP contribution in [0.5, 0.6) is 0 Å². The highest BCUT2D eigenvalue weighted by atomic mass is 16.6. The lowest BCUT2D eigenvalue weighted by atomic mass is 9.79. The Hall–Kier alpha value is -2.44. The molecule has 0 unspecified atom stereocenters. The summed E-state index contributed by atoms with van der Waals surface area (Å²) in [7, 11) is 0.